The van der Waals surface area contributed by atoms with E-state index in [1.165, 1.54) is 5.56 Å². The second-order valence-electron chi connectivity index (χ2n) is 5.15. The quantitative estimate of drug-likeness (QED) is 0.782. The Morgan fingerprint density at radius 2 is 1.75 bits per heavy atom. The first-order chi connectivity index (χ1) is 9.56. The zero-order valence-electron chi connectivity index (χ0n) is 11.9. The van der Waals surface area contributed by atoms with E-state index in [1.54, 1.807) is 18.2 Å². The normalized spacial score (nSPS) is 12.3. The highest BCUT2D eigenvalue weighted by Crippen LogP contribution is 2.24. The number of nitrogens with one attached hydrogen (secondary N) is 1. The highest BCUT2D eigenvalue weighted by Gasteiger charge is 2.09. The highest BCUT2D eigenvalue weighted by atomic mass is 16.3. The van der Waals surface area contributed by atoms with Crippen molar-refractivity contribution in [1.82, 2.24) is 5.32 Å². The monoisotopic (exact) mass is 271 g/mol. The van der Waals surface area contributed by atoms with Gasteiger partial charge in [0, 0.05) is 11.6 Å². The summed E-state index contributed by atoms with van der Waals surface area (Å²) in [5.74, 6) is 0.634. The molecule has 0 aliphatic rings. The van der Waals surface area contributed by atoms with Crippen LogP contribution in [0.2, 0.25) is 0 Å². The third kappa shape index (κ3) is 3.75. The van der Waals surface area contributed by atoms with Gasteiger partial charge in [0.15, 0.2) is 0 Å². The van der Waals surface area contributed by atoms with E-state index < -0.39 is 0 Å². The van der Waals surface area contributed by atoms with Gasteiger partial charge >= 0.3 is 0 Å². The van der Waals surface area contributed by atoms with Crippen molar-refractivity contribution in [3.8, 4) is 11.5 Å². The van der Waals surface area contributed by atoms with Crippen LogP contribution in [0.1, 0.15) is 29.7 Å². The Morgan fingerprint density at radius 1 is 1.05 bits per heavy atom. The van der Waals surface area contributed by atoms with Gasteiger partial charge in [0.2, 0.25) is 0 Å². The standard InChI is InChI=1S/C17H21NO2/c1-12-3-8-16(17(20)11-12)13(2)18-10-9-14-4-6-15(19)7-5-14/h3-8,11,13,18-20H,9-10H2,1-2H3. The number of hydrogen-bond donors (Lipinski definition) is 3. The summed E-state index contributed by atoms with van der Waals surface area (Å²) < 4.78 is 0. The molecule has 0 saturated carbocycles. The van der Waals surface area contributed by atoms with Gasteiger partial charge in [0.25, 0.3) is 0 Å². The van der Waals surface area contributed by atoms with Gasteiger partial charge in [-0.05, 0) is 56.1 Å². The maximum absolute atomic E-state index is 9.94. The van der Waals surface area contributed by atoms with Gasteiger partial charge in [-0.1, -0.05) is 24.3 Å². The molecular formula is C17H21NO2. The molecule has 0 aliphatic heterocycles. The molecule has 0 aromatic heterocycles. The lowest BCUT2D eigenvalue weighted by Crippen LogP contribution is -2.21. The molecule has 106 valence electrons. The maximum Gasteiger partial charge on any atom is 0.120 e. The predicted octanol–water partition coefficient (Wildman–Crippen LogP) is 3.30. The Morgan fingerprint density at radius 3 is 2.40 bits per heavy atom. The summed E-state index contributed by atoms with van der Waals surface area (Å²) in [5.41, 5.74) is 3.15. The summed E-state index contributed by atoms with van der Waals surface area (Å²) in [6.45, 7) is 4.83. The number of benzene rings is 2. The Bertz CT molecular complexity index is 564. The molecule has 3 N–H and O–H groups in total. The van der Waals surface area contributed by atoms with Crippen LogP contribution >= 0.6 is 0 Å². The molecule has 3 nitrogen and oxygen atoms in total. The minimum atomic E-state index is 0.104. The molecule has 1 unspecified atom stereocenters. The first-order valence-electron chi connectivity index (χ1n) is 6.87. The van der Waals surface area contributed by atoms with Crippen LogP contribution in [0.5, 0.6) is 11.5 Å². The van der Waals surface area contributed by atoms with E-state index in [1.807, 2.05) is 38.1 Å². The number of phenols is 2. The number of hydrogen-bond acceptors (Lipinski definition) is 3. The molecule has 2 rings (SSSR count). The van der Waals surface area contributed by atoms with Gasteiger partial charge in [0.05, 0.1) is 0 Å². The van der Waals surface area contributed by atoms with Crippen LogP contribution in [-0.2, 0) is 6.42 Å². The molecule has 0 heterocycles. The number of rotatable bonds is 5. The number of phenolic OH excluding ortho intramolecular Hbond substituents is 2. The van der Waals surface area contributed by atoms with E-state index in [2.05, 4.69) is 5.32 Å². The fourth-order valence-corrected chi connectivity index (χ4v) is 2.23. The molecular weight excluding hydrogens is 250 g/mol. The van der Waals surface area contributed by atoms with E-state index >= 15 is 0 Å². The van der Waals surface area contributed by atoms with Crippen molar-refractivity contribution in [2.75, 3.05) is 6.54 Å². The molecule has 0 amide bonds. The molecule has 0 spiro atoms. The van der Waals surface area contributed by atoms with Crippen LogP contribution in [0.25, 0.3) is 0 Å². The second kappa shape index (κ2) is 6.44. The lowest BCUT2D eigenvalue weighted by molar-refractivity contribution is 0.452. The van der Waals surface area contributed by atoms with Gasteiger partial charge in [-0.25, -0.2) is 0 Å². The van der Waals surface area contributed by atoms with Crippen molar-refractivity contribution < 1.29 is 10.2 Å². The van der Waals surface area contributed by atoms with Crippen LogP contribution in [-0.4, -0.2) is 16.8 Å². The minimum Gasteiger partial charge on any atom is -0.508 e. The number of aryl methyl sites for hydroxylation is 1. The molecule has 2 aromatic carbocycles. The van der Waals surface area contributed by atoms with Crippen LogP contribution < -0.4 is 5.32 Å². The molecule has 1 atom stereocenters. The Hall–Kier alpha value is -2.00. The lowest BCUT2D eigenvalue weighted by atomic mass is 10.0. The average Bonchev–Trinajstić information content (AvgIpc) is 2.41. The van der Waals surface area contributed by atoms with Crippen LogP contribution in [0, 0.1) is 6.92 Å². The molecule has 2 aromatic rings. The van der Waals surface area contributed by atoms with Crippen molar-refractivity contribution in [3.63, 3.8) is 0 Å². The van der Waals surface area contributed by atoms with E-state index in [0.29, 0.717) is 11.5 Å². The van der Waals surface area contributed by atoms with Crippen molar-refractivity contribution in [1.29, 1.82) is 0 Å². The summed E-state index contributed by atoms with van der Waals surface area (Å²) in [6, 6.07) is 13.1. The summed E-state index contributed by atoms with van der Waals surface area (Å²) >= 11 is 0. The topological polar surface area (TPSA) is 52.5 Å². The zero-order chi connectivity index (χ0) is 14.5. The fraction of sp³-hybridized carbons (Fsp3) is 0.294. The summed E-state index contributed by atoms with van der Waals surface area (Å²) in [4.78, 5) is 0. The van der Waals surface area contributed by atoms with E-state index in [9.17, 15) is 10.2 Å². The second-order valence-corrected chi connectivity index (χ2v) is 5.15. The molecule has 0 saturated heterocycles. The summed E-state index contributed by atoms with van der Waals surface area (Å²) in [6.07, 6.45) is 0.886. The molecule has 0 aliphatic carbocycles. The molecule has 0 bridgehead atoms. The van der Waals surface area contributed by atoms with Crippen molar-refractivity contribution in [3.05, 3.63) is 59.2 Å². The first kappa shape index (κ1) is 14.4. The van der Waals surface area contributed by atoms with E-state index in [0.717, 1.165) is 24.1 Å². The highest BCUT2D eigenvalue weighted by molar-refractivity contribution is 5.37. The Kier molecular flexibility index (Phi) is 4.64. The average molecular weight is 271 g/mol. The van der Waals surface area contributed by atoms with E-state index in [-0.39, 0.29) is 6.04 Å². The van der Waals surface area contributed by atoms with Crippen molar-refractivity contribution in [2.45, 2.75) is 26.3 Å². The zero-order valence-corrected chi connectivity index (χ0v) is 11.9. The third-order valence-electron chi connectivity index (χ3n) is 3.45. The van der Waals surface area contributed by atoms with Crippen LogP contribution in [0.3, 0.4) is 0 Å². The molecule has 3 heteroatoms. The summed E-state index contributed by atoms with van der Waals surface area (Å²) in [5, 5.41) is 22.6. The van der Waals surface area contributed by atoms with Crippen molar-refractivity contribution in [2.24, 2.45) is 0 Å². The van der Waals surface area contributed by atoms with E-state index in [4.69, 9.17) is 0 Å². The molecule has 20 heavy (non-hydrogen) atoms. The Balaban J connectivity index is 1.88. The van der Waals surface area contributed by atoms with Crippen molar-refractivity contribution >= 4 is 0 Å². The molecule has 0 radical (unpaired) electrons. The molecule has 0 fully saturated rings. The van der Waals surface area contributed by atoms with Crippen LogP contribution in [0.4, 0.5) is 0 Å². The lowest BCUT2D eigenvalue weighted by Gasteiger charge is -2.16. The summed E-state index contributed by atoms with van der Waals surface area (Å²) in [7, 11) is 0. The van der Waals surface area contributed by atoms with Gasteiger partial charge in [-0.3, -0.25) is 0 Å². The van der Waals surface area contributed by atoms with Gasteiger partial charge in [-0.15, -0.1) is 0 Å². The smallest absolute Gasteiger partial charge is 0.120 e. The predicted molar refractivity (Wildman–Crippen MR) is 81.1 cm³/mol. The van der Waals surface area contributed by atoms with Gasteiger partial charge in [-0.2, -0.15) is 0 Å². The largest absolute Gasteiger partial charge is 0.508 e. The SMILES string of the molecule is Cc1ccc(C(C)NCCc2ccc(O)cc2)c(O)c1. The third-order valence-corrected chi connectivity index (χ3v) is 3.45. The maximum atomic E-state index is 9.94. The number of aromatic hydroxyl groups is 2. The van der Waals surface area contributed by atoms with Gasteiger partial charge < -0.3 is 15.5 Å². The Labute approximate surface area is 119 Å². The first-order valence-corrected chi connectivity index (χ1v) is 6.87. The van der Waals surface area contributed by atoms with Gasteiger partial charge in [0.1, 0.15) is 11.5 Å². The minimum absolute atomic E-state index is 0.104. The van der Waals surface area contributed by atoms with Crippen LogP contribution in [0.15, 0.2) is 42.5 Å². The fourth-order valence-electron chi connectivity index (χ4n) is 2.23.